The second-order valence-electron chi connectivity index (χ2n) is 7.40. The quantitative estimate of drug-likeness (QED) is 0.721. The highest BCUT2D eigenvalue weighted by Crippen LogP contribution is 2.45. The van der Waals surface area contributed by atoms with E-state index in [-0.39, 0.29) is 23.3 Å². The molecule has 1 saturated carbocycles. The Morgan fingerprint density at radius 3 is 2.57 bits per heavy atom. The predicted octanol–water partition coefficient (Wildman–Crippen LogP) is 5.20. The largest absolute Gasteiger partial charge is 0.325 e. The molecule has 2 rings (SSSR count). The van der Waals surface area contributed by atoms with Crippen molar-refractivity contribution in [1.29, 1.82) is 0 Å². The number of nitrogens with two attached hydrogens (primary N) is 1. The Balaban J connectivity index is 2.38. The molecule has 0 bridgehead atoms. The van der Waals surface area contributed by atoms with E-state index in [2.05, 4.69) is 36.7 Å². The van der Waals surface area contributed by atoms with Crippen molar-refractivity contribution in [3.63, 3.8) is 0 Å². The van der Waals surface area contributed by atoms with Gasteiger partial charge >= 0.3 is 0 Å². The molecule has 21 heavy (non-hydrogen) atoms. The van der Waals surface area contributed by atoms with E-state index >= 15 is 0 Å². The van der Waals surface area contributed by atoms with Crippen LogP contribution in [0.4, 0.5) is 8.78 Å². The molecule has 2 N–H and O–H groups in total. The third kappa shape index (κ3) is 3.48. The minimum absolute atomic E-state index is 0.0358. The van der Waals surface area contributed by atoms with E-state index in [0.29, 0.717) is 4.47 Å². The van der Waals surface area contributed by atoms with Gasteiger partial charge < -0.3 is 5.73 Å². The van der Waals surface area contributed by atoms with E-state index in [1.54, 1.807) is 0 Å². The SMILES string of the molecule is CC(C)(C)C1CCCCC1(N)Cc1c(F)ccc(Br)c1F. The van der Waals surface area contributed by atoms with Gasteiger partial charge in [-0.05, 0) is 58.7 Å². The van der Waals surface area contributed by atoms with Gasteiger partial charge in [0, 0.05) is 11.1 Å². The lowest BCUT2D eigenvalue weighted by molar-refractivity contribution is 0.0780. The lowest BCUT2D eigenvalue weighted by Crippen LogP contribution is -2.55. The first-order valence-corrected chi connectivity index (χ1v) is 8.36. The third-order valence-electron chi connectivity index (χ3n) is 4.77. The number of rotatable bonds is 2. The van der Waals surface area contributed by atoms with E-state index < -0.39 is 17.2 Å². The van der Waals surface area contributed by atoms with Crippen LogP contribution in [0.25, 0.3) is 0 Å². The fraction of sp³-hybridized carbons (Fsp3) is 0.647. The molecule has 1 aromatic rings. The topological polar surface area (TPSA) is 26.0 Å². The summed E-state index contributed by atoms with van der Waals surface area (Å²) in [6.07, 6.45) is 4.27. The summed E-state index contributed by atoms with van der Waals surface area (Å²) in [6, 6.07) is 2.71. The smallest absolute Gasteiger partial charge is 0.143 e. The van der Waals surface area contributed by atoms with Crippen molar-refractivity contribution in [2.75, 3.05) is 0 Å². The number of benzene rings is 1. The first-order chi connectivity index (χ1) is 9.65. The van der Waals surface area contributed by atoms with Crippen LogP contribution < -0.4 is 5.73 Å². The Labute approximate surface area is 134 Å². The first kappa shape index (κ1) is 16.9. The zero-order chi connectivity index (χ0) is 15.8. The highest BCUT2D eigenvalue weighted by molar-refractivity contribution is 9.10. The van der Waals surface area contributed by atoms with Crippen molar-refractivity contribution in [2.24, 2.45) is 17.1 Å². The van der Waals surface area contributed by atoms with Crippen LogP contribution in [0.3, 0.4) is 0 Å². The second kappa shape index (κ2) is 5.96. The predicted molar refractivity (Wildman–Crippen MR) is 86.1 cm³/mol. The molecular formula is C17H24BrF2N. The van der Waals surface area contributed by atoms with Crippen LogP contribution in [-0.4, -0.2) is 5.54 Å². The summed E-state index contributed by atoms with van der Waals surface area (Å²) in [5.74, 6) is -0.756. The van der Waals surface area contributed by atoms with Crippen molar-refractivity contribution >= 4 is 15.9 Å². The third-order valence-corrected chi connectivity index (χ3v) is 5.38. The van der Waals surface area contributed by atoms with Gasteiger partial charge in [0.1, 0.15) is 11.6 Å². The van der Waals surface area contributed by atoms with Crippen LogP contribution in [0.1, 0.15) is 52.0 Å². The highest BCUT2D eigenvalue weighted by atomic mass is 79.9. The Morgan fingerprint density at radius 1 is 1.29 bits per heavy atom. The van der Waals surface area contributed by atoms with Crippen molar-refractivity contribution in [3.8, 4) is 0 Å². The van der Waals surface area contributed by atoms with E-state index in [4.69, 9.17) is 5.73 Å². The molecule has 1 nitrogen and oxygen atoms in total. The average molecular weight is 360 g/mol. The second-order valence-corrected chi connectivity index (χ2v) is 8.25. The summed E-state index contributed by atoms with van der Waals surface area (Å²) in [5.41, 5.74) is 6.27. The molecule has 0 spiro atoms. The maximum Gasteiger partial charge on any atom is 0.143 e. The minimum atomic E-state index is -0.543. The van der Waals surface area contributed by atoms with Gasteiger partial charge in [-0.25, -0.2) is 8.78 Å². The van der Waals surface area contributed by atoms with Gasteiger partial charge in [0.05, 0.1) is 4.47 Å². The van der Waals surface area contributed by atoms with E-state index in [0.717, 1.165) is 25.7 Å². The number of halogens is 3. The van der Waals surface area contributed by atoms with Crippen LogP contribution in [0.15, 0.2) is 16.6 Å². The van der Waals surface area contributed by atoms with E-state index in [9.17, 15) is 8.78 Å². The molecule has 1 aliphatic rings. The van der Waals surface area contributed by atoms with Gasteiger partial charge in [-0.1, -0.05) is 33.6 Å². The fourth-order valence-corrected chi connectivity index (χ4v) is 4.20. The van der Waals surface area contributed by atoms with Crippen LogP contribution in [-0.2, 0) is 6.42 Å². The van der Waals surface area contributed by atoms with Gasteiger partial charge in [0.15, 0.2) is 0 Å². The molecule has 4 heteroatoms. The maximum atomic E-state index is 14.3. The number of hydrogen-bond acceptors (Lipinski definition) is 1. The summed E-state index contributed by atoms with van der Waals surface area (Å²) in [4.78, 5) is 0. The summed E-state index contributed by atoms with van der Waals surface area (Å²) < 4.78 is 28.6. The standard InChI is InChI=1S/C17H24BrF2N/c1-16(2,3)14-6-4-5-9-17(14,21)10-11-13(19)8-7-12(18)15(11)20/h7-8,14H,4-6,9-10,21H2,1-3H3. The van der Waals surface area contributed by atoms with Crippen LogP contribution in [0, 0.1) is 23.0 Å². The monoisotopic (exact) mass is 359 g/mol. The number of hydrogen-bond donors (Lipinski definition) is 1. The molecule has 0 aliphatic heterocycles. The van der Waals surface area contributed by atoms with Gasteiger partial charge in [0.2, 0.25) is 0 Å². The van der Waals surface area contributed by atoms with Crippen LogP contribution >= 0.6 is 15.9 Å². The maximum absolute atomic E-state index is 14.3. The van der Waals surface area contributed by atoms with Crippen molar-refractivity contribution in [1.82, 2.24) is 0 Å². The van der Waals surface area contributed by atoms with Gasteiger partial charge in [-0.3, -0.25) is 0 Å². The van der Waals surface area contributed by atoms with Crippen molar-refractivity contribution < 1.29 is 8.78 Å². The summed E-state index contributed by atoms with van der Waals surface area (Å²) in [6.45, 7) is 6.49. The molecule has 2 atom stereocenters. The summed E-state index contributed by atoms with van der Waals surface area (Å²) in [7, 11) is 0. The molecule has 1 aliphatic carbocycles. The Hall–Kier alpha value is -0.480. The van der Waals surface area contributed by atoms with Gasteiger partial charge in [-0.15, -0.1) is 0 Å². The zero-order valence-electron chi connectivity index (χ0n) is 13.0. The van der Waals surface area contributed by atoms with E-state index in [1.807, 2.05) is 0 Å². The molecule has 2 unspecified atom stereocenters. The molecule has 0 heterocycles. The molecule has 0 amide bonds. The lowest BCUT2D eigenvalue weighted by atomic mass is 9.60. The van der Waals surface area contributed by atoms with Gasteiger partial charge in [0.25, 0.3) is 0 Å². The van der Waals surface area contributed by atoms with Crippen molar-refractivity contribution in [2.45, 2.75) is 58.4 Å². The molecule has 0 radical (unpaired) electrons. The van der Waals surface area contributed by atoms with Gasteiger partial charge in [-0.2, -0.15) is 0 Å². The van der Waals surface area contributed by atoms with Crippen LogP contribution in [0.2, 0.25) is 0 Å². The zero-order valence-corrected chi connectivity index (χ0v) is 14.6. The fourth-order valence-electron chi connectivity index (χ4n) is 3.83. The molecule has 0 saturated heterocycles. The Bertz CT molecular complexity index is 524. The molecule has 118 valence electrons. The average Bonchev–Trinajstić information content (AvgIpc) is 2.38. The van der Waals surface area contributed by atoms with Crippen LogP contribution in [0.5, 0.6) is 0 Å². The first-order valence-electron chi connectivity index (χ1n) is 7.56. The summed E-state index contributed by atoms with van der Waals surface area (Å²) >= 11 is 3.13. The molecule has 0 aromatic heterocycles. The summed E-state index contributed by atoms with van der Waals surface area (Å²) in [5, 5.41) is 0. The minimum Gasteiger partial charge on any atom is -0.325 e. The lowest BCUT2D eigenvalue weighted by Gasteiger charge is -2.48. The normalized spacial score (nSPS) is 26.9. The van der Waals surface area contributed by atoms with E-state index in [1.165, 1.54) is 12.1 Å². The Kier molecular flexibility index (Phi) is 4.79. The molecule has 1 fully saturated rings. The molecule has 1 aromatic carbocycles. The highest BCUT2D eigenvalue weighted by Gasteiger charge is 2.44. The Morgan fingerprint density at radius 2 is 1.95 bits per heavy atom. The molecular weight excluding hydrogens is 336 g/mol. The van der Waals surface area contributed by atoms with Crippen molar-refractivity contribution in [3.05, 3.63) is 33.8 Å².